The highest BCUT2D eigenvalue weighted by atomic mass is 17.1. The number of para-hydroxylation sites is 1. The van der Waals surface area contributed by atoms with Gasteiger partial charge < -0.3 is 4.89 Å². The molecule has 0 aromatic heterocycles. The summed E-state index contributed by atoms with van der Waals surface area (Å²) in [4.78, 5) is 21.3. The van der Waals surface area contributed by atoms with E-state index in [0.29, 0.717) is 23.6 Å². The maximum atomic E-state index is 12.1. The van der Waals surface area contributed by atoms with Gasteiger partial charge in [-0.05, 0) is 29.0 Å². The second kappa shape index (κ2) is 7.09. The lowest BCUT2D eigenvalue weighted by molar-refractivity contribution is -0.140. The average molecular weight is 361 g/mol. The minimum absolute atomic E-state index is 0.142. The van der Waals surface area contributed by atoms with Crippen molar-refractivity contribution in [3.63, 3.8) is 0 Å². The highest BCUT2D eigenvalue weighted by molar-refractivity contribution is 5.92. The van der Waals surface area contributed by atoms with Crippen LogP contribution in [0, 0.1) is 0 Å². The first-order valence-electron chi connectivity index (χ1n) is 8.69. The maximum absolute atomic E-state index is 12.1. The molecule has 0 radical (unpaired) electrons. The lowest BCUT2D eigenvalue weighted by Gasteiger charge is -2.23. The molecule has 1 amide bonds. The van der Waals surface area contributed by atoms with Crippen molar-refractivity contribution >= 4 is 28.2 Å². The van der Waals surface area contributed by atoms with Crippen LogP contribution in [-0.4, -0.2) is 22.0 Å². The molecule has 1 aliphatic heterocycles. The molecule has 27 heavy (non-hydrogen) atoms. The van der Waals surface area contributed by atoms with Gasteiger partial charge in [-0.25, -0.2) is 15.3 Å². The highest BCUT2D eigenvalue weighted by Crippen LogP contribution is 2.35. The Kier molecular flexibility index (Phi) is 4.48. The standard InChI is InChI=1S/C21H19N3O3/c1-14(25)24-19(18-8-4-5-9-20(18)27-26)13-21(23-24)22-17-11-10-15-6-2-3-7-16(15)12-17/h2-12,19,26H,13H2,1H3,(H,22,23). The fraction of sp³-hybridized carbons (Fsp3) is 0.143. The molecule has 6 nitrogen and oxygen atoms in total. The molecule has 2 N–H and O–H groups in total. The second-order valence-corrected chi connectivity index (χ2v) is 6.44. The first-order chi connectivity index (χ1) is 13.2. The Bertz CT molecular complexity index is 1030. The average Bonchev–Trinajstić information content (AvgIpc) is 3.12. The third-order valence-corrected chi connectivity index (χ3v) is 4.66. The second-order valence-electron chi connectivity index (χ2n) is 6.44. The summed E-state index contributed by atoms with van der Waals surface area (Å²) in [6, 6.07) is 20.9. The molecule has 1 fully saturated rings. The van der Waals surface area contributed by atoms with E-state index in [4.69, 9.17) is 5.26 Å². The van der Waals surface area contributed by atoms with Gasteiger partial charge >= 0.3 is 0 Å². The smallest absolute Gasteiger partial charge is 0.238 e. The molecule has 0 spiro atoms. The topological polar surface area (TPSA) is 74.2 Å². The minimum Gasteiger partial charge on any atom is -0.340 e. The van der Waals surface area contributed by atoms with E-state index in [0.717, 1.165) is 16.5 Å². The molecule has 0 saturated carbocycles. The zero-order chi connectivity index (χ0) is 18.8. The fourth-order valence-corrected chi connectivity index (χ4v) is 3.40. The van der Waals surface area contributed by atoms with E-state index in [1.54, 1.807) is 12.1 Å². The minimum atomic E-state index is -0.315. The van der Waals surface area contributed by atoms with Gasteiger partial charge in [0.1, 0.15) is 5.84 Å². The Morgan fingerprint density at radius 3 is 2.63 bits per heavy atom. The molecule has 1 atom stereocenters. The number of carbonyl (C=O) groups excluding carboxylic acids is 1. The number of hydrazine groups is 1. The number of amidine groups is 1. The first kappa shape index (κ1) is 17.1. The van der Waals surface area contributed by atoms with Crippen LogP contribution in [0.1, 0.15) is 24.9 Å². The SMILES string of the molecule is CC(=O)N1NC(=Nc2ccc3ccccc3c2)CC1c1ccccc1OO. The van der Waals surface area contributed by atoms with Crippen LogP contribution in [0.4, 0.5) is 5.69 Å². The lowest BCUT2D eigenvalue weighted by Crippen LogP contribution is -2.38. The molecule has 4 rings (SSSR count). The van der Waals surface area contributed by atoms with E-state index in [-0.39, 0.29) is 11.9 Å². The Balaban J connectivity index is 1.68. The monoisotopic (exact) mass is 361 g/mol. The first-order valence-corrected chi connectivity index (χ1v) is 8.69. The Hall–Kier alpha value is -3.38. The number of nitrogens with one attached hydrogen (secondary N) is 1. The largest absolute Gasteiger partial charge is 0.340 e. The van der Waals surface area contributed by atoms with Gasteiger partial charge in [0.05, 0.1) is 11.7 Å². The number of nitrogens with zero attached hydrogens (tertiary/aromatic N) is 2. The van der Waals surface area contributed by atoms with Crippen LogP contribution in [0.25, 0.3) is 10.8 Å². The van der Waals surface area contributed by atoms with Crippen LogP contribution < -0.4 is 10.3 Å². The van der Waals surface area contributed by atoms with Crippen LogP contribution in [0.2, 0.25) is 0 Å². The van der Waals surface area contributed by atoms with Crippen LogP contribution in [-0.2, 0) is 4.79 Å². The van der Waals surface area contributed by atoms with Crippen LogP contribution >= 0.6 is 0 Å². The fourth-order valence-electron chi connectivity index (χ4n) is 3.40. The van der Waals surface area contributed by atoms with Crippen LogP contribution in [0.15, 0.2) is 71.7 Å². The molecule has 1 heterocycles. The molecule has 3 aromatic carbocycles. The summed E-state index contributed by atoms with van der Waals surface area (Å²) in [5.74, 6) is 0.859. The molecule has 6 heteroatoms. The number of benzene rings is 3. The third-order valence-electron chi connectivity index (χ3n) is 4.66. The van der Waals surface area contributed by atoms with E-state index in [2.05, 4.69) is 21.4 Å². The number of amides is 1. The van der Waals surface area contributed by atoms with E-state index >= 15 is 0 Å². The summed E-state index contributed by atoms with van der Waals surface area (Å²) in [6.45, 7) is 1.49. The molecule has 1 unspecified atom stereocenters. The van der Waals surface area contributed by atoms with Gasteiger partial charge in [0.2, 0.25) is 5.91 Å². The Labute approximate surface area is 156 Å². The van der Waals surface area contributed by atoms with Gasteiger partial charge in [0, 0.05) is 18.9 Å². The molecule has 136 valence electrons. The molecular weight excluding hydrogens is 342 g/mol. The van der Waals surface area contributed by atoms with Crippen molar-refractivity contribution < 1.29 is 14.9 Å². The van der Waals surface area contributed by atoms with E-state index < -0.39 is 0 Å². The summed E-state index contributed by atoms with van der Waals surface area (Å²) >= 11 is 0. The van der Waals surface area contributed by atoms with Crippen molar-refractivity contribution in [1.29, 1.82) is 0 Å². The number of carbonyl (C=O) groups is 1. The summed E-state index contributed by atoms with van der Waals surface area (Å²) in [5.41, 5.74) is 4.61. The lowest BCUT2D eigenvalue weighted by atomic mass is 10.0. The van der Waals surface area contributed by atoms with E-state index in [1.165, 1.54) is 11.9 Å². The van der Waals surface area contributed by atoms with Crippen molar-refractivity contribution in [2.75, 3.05) is 0 Å². The summed E-state index contributed by atoms with van der Waals surface area (Å²) in [5, 5.41) is 12.9. The summed E-state index contributed by atoms with van der Waals surface area (Å²) in [6.07, 6.45) is 0.493. The van der Waals surface area contributed by atoms with Gasteiger partial charge in [0.15, 0.2) is 5.75 Å². The Morgan fingerprint density at radius 1 is 1.11 bits per heavy atom. The zero-order valence-electron chi connectivity index (χ0n) is 14.8. The van der Waals surface area contributed by atoms with Gasteiger partial charge in [-0.15, -0.1) is 0 Å². The molecule has 0 bridgehead atoms. The molecule has 0 aliphatic carbocycles. The van der Waals surface area contributed by atoms with Crippen LogP contribution in [0.3, 0.4) is 0 Å². The van der Waals surface area contributed by atoms with Gasteiger partial charge in [-0.1, -0.05) is 48.5 Å². The van der Waals surface area contributed by atoms with Crippen molar-refractivity contribution in [3.8, 4) is 5.75 Å². The molecule has 1 aliphatic rings. The number of aliphatic imine (C=N–C) groups is 1. The van der Waals surface area contributed by atoms with Crippen LogP contribution in [0.5, 0.6) is 5.75 Å². The molecule has 1 saturated heterocycles. The third kappa shape index (κ3) is 3.35. The van der Waals surface area contributed by atoms with Gasteiger partial charge in [0.25, 0.3) is 0 Å². The summed E-state index contributed by atoms with van der Waals surface area (Å²) in [7, 11) is 0. The van der Waals surface area contributed by atoms with Crippen molar-refractivity contribution in [2.45, 2.75) is 19.4 Å². The van der Waals surface area contributed by atoms with Crippen molar-refractivity contribution in [3.05, 3.63) is 72.3 Å². The number of hydrogen-bond acceptors (Lipinski definition) is 4. The number of rotatable bonds is 3. The highest BCUT2D eigenvalue weighted by Gasteiger charge is 2.34. The molecular formula is C21H19N3O3. The van der Waals surface area contributed by atoms with Crippen molar-refractivity contribution in [2.24, 2.45) is 4.99 Å². The number of fused-ring (bicyclic) bond motifs is 1. The Morgan fingerprint density at radius 2 is 1.85 bits per heavy atom. The van der Waals surface area contributed by atoms with Crippen molar-refractivity contribution in [1.82, 2.24) is 10.4 Å². The normalized spacial score (nSPS) is 17.9. The van der Waals surface area contributed by atoms with Gasteiger partial charge in [-0.2, -0.15) is 0 Å². The number of hydrogen-bond donors (Lipinski definition) is 2. The maximum Gasteiger partial charge on any atom is 0.238 e. The predicted octanol–water partition coefficient (Wildman–Crippen LogP) is 4.22. The van der Waals surface area contributed by atoms with Gasteiger partial charge in [-0.3, -0.25) is 10.2 Å². The summed E-state index contributed by atoms with van der Waals surface area (Å²) < 4.78 is 0. The zero-order valence-corrected chi connectivity index (χ0v) is 14.8. The quantitative estimate of drug-likeness (QED) is 0.541. The van der Waals surface area contributed by atoms with E-state index in [1.807, 2.05) is 48.5 Å². The van der Waals surface area contributed by atoms with E-state index in [9.17, 15) is 4.79 Å². The predicted molar refractivity (Wildman–Crippen MR) is 104 cm³/mol. The molecule has 3 aromatic rings.